The molecule has 9 nitrogen and oxygen atoms in total. The molecule has 2 N–H and O–H groups in total. The summed E-state index contributed by atoms with van der Waals surface area (Å²) in [6.45, 7) is 1.46. The van der Waals surface area contributed by atoms with Gasteiger partial charge in [-0.05, 0) is 43.2 Å². The SMILES string of the molecule is O=C(O)N1CCC2(CC1)CN(C(=O)c1ccc3n[nH]nc3c1)C2Cc1cc(Cl)cc(Cl)n1. The van der Waals surface area contributed by atoms with Gasteiger partial charge in [-0.2, -0.15) is 15.4 Å². The van der Waals surface area contributed by atoms with E-state index in [9.17, 15) is 14.7 Å². The van der Waals surface area contributed by atoms with E-state index in [0.717, 1.165) is 0 Å². The van der Waals surface area contributed by atoms with Crippen LogP contribution in [0.3, 0.4) is 0 Å². The fraction of sp³-hybridized carbons (Fsp3) is 0.381. The van der Waals surface area contributed by atoms with Gasteiger partial charge in [0.15, 0.2) is 0 Å². The van der Waals surface area contributed by atoms with E-state index in [2.05, 4.69) is 20.4 Å². The minimum Gasteiger partial charge on any atom is -0.465 e. The zero-order valence-corrected chi connectivity index (χ0v) is 18.5. The van der Waals surface area contributed by atoms with Gasteiger partial charge in [-0.3, -0.25) is 4.79 Å². The standard InChI is InChI=1S/C21H20Cl2N6O3/c22-13-8-14(24-18(23)9-13)10-17-21(3-5-28(6-4-21)20(31)32)11-29(17)19(30)12-1-2-15-16(7-12)26-27-25-15/h1-2,7-9,17H,3-6,10-11H2,(H,31,32)(H,25,26,27). The average molecular weight is 475 g/mol. The summed E-state index contributed by atoms with van der Waals surface area (Å²) >= 11 is 12.3. The van der Waals surface area contributed by atoms with Crippen LogP contribution in [0.25, 0.3) is 11.0 Å². The van der Waals surface area contributed by atoms with Crippen molar-refractivity contribution in [1.82, 2.24) is 30.2 Å². The molecule has 0 saturated carbocycles. The normalized spacial score (nSPS) is 19.9. The van der Waals surface area contributed by atoms with Gasteiger partial charge in [0, 0.05) is 53.8 Å². The fourth-order valence-electron chi connectivity index (χ4n) is 4.91. The van der Waals surface area contributed by atoms with Crippen LogP contribution >= 0.6 is 23.2 Å². The number of carbonyl (C=O) groups excluding carboxylic acids is 1. The summed E-state index contributed by atoms with van der Waals surface area (Å²) in [7, 11) is 0. The second kappa shape index (κ2) is 7.90. The monoisotopic (exact) mass is 474 g/mol. The van der Waals surface area contributed by atoms with E-state index in [-0.39, 0.29) is 17.4 Å². The molecule has 166 valence electrons. The zero-order valence-electron chi connectivity index (χ0n) is 17.0. The second-order valence-electron chi connectivity index (χ2n) is 8.41. The van der Waals surface area contributed by atoms with Gasteiger partial charge in [0.1, 0.15) is 16.2 Å². The molecule has 0 radical (unpaired) electrons. The molecule has 32 heavy (non-hydrogen) atoms. The third-order valence-electron chi connectivity index (χ3n) is 6.64. The number of amides is 2. The van der Waals surface area contributed by atoms with Crippen molar-refractivity contribution in [2.45, 2.75) is 25.3 Å². The Morgan fingerprint density at radius 1 is 1.12 bits per heavy atom. The summed E-state index contributed by atoms with van der Waals surface area (Å²) in [6, 6.07) is 8.43. The molecule has 2 aliphatic heterocycles. The Morgan fingerprint density at radius 3 is 2.59 bits per heavy atom. The minimum absolute atomic E-state index is 0.0979. The van der Waals surface area contributed by atoms with Gasteiger partial charge in [-0.1, -0.05) is 23.2 Å². The molecular weight excluding hydrogens is 455 g/mol. The Balaban J connectivity index is 1.43. The van der Waals surface area contributed by atoms with Crippen molar-refractivity contribution in [3.05, 3.63) is 51.8 Å². The Bertz CT molecular complexity index is 1190. The van der Waals surface area contributed by atoms with Crippen LogP contribution < -0.4 is 0 Å². The van der Waals surface area contributed by atoms with Crippen LogP contribution in [0.15, 0.2) is 30.3 Å². The number of carbonyl (C=O) groups is 2. The number of nitrogens with one attached hydrogen (secondary N) is 1. The molecule has 2 amide bonds. The minimum atomic E-state index is -0.909. The highest BCUT2D eigenvalue weighted by molar-refractivity contribution is 6.33. The molecule has 5 rings (SSSR count). The van der Waals surface area contributed by atoms with Crippen molar-refractivity contribution in [1.29, 1.82) is 0 Å². The topological polar surface area (TPSA) is 115 Å². The number of piperidine rings is 1. The molecule has 2 fully saturated rings. The maximum absolute atomic E-state index is 13.4. The number of aromatic amines is 1. The number of hydrogen-bond donors (Lipinski definition) is 2. The van der Waals surface area contributed by atoms with Crippen LogP contribution in [-0.4, -0.2) is 73.0 Å². The molecule has 0 aliphatic carbocycles. The summed E-state index contributed by atoms with van der Waals surface area (Å²) in [5, 5.41) is 20.8. The number of nitrogens with zero attached hydrogens (tertiary/aromatic N) is 5. The van der Waals surface area contributed by atoms with E-state index in [4.69, 9.17) is 23.2 Å². The Kier molecular flexibility index (Phi) is 5.17. The van der Waals surface area contributed by atoms with Crippen molar-refractivity contribution in [3.63, 3.8) is 0 Å². The van der Waals surface area contributed by atoms with Crippen molar-refractivity contribution < 1.29 is 14.7 Å². The number of fused-ring (bicyclic) bond motifs is 1. The van der Waals surface area contributed by atoms with Crippen molar-refractivity contribution in [2.24, 2.45) is 5.41 Å². The molecule has 1 atom stereocenters. The quantitative estimate of drug-likeness (QED) is 0.561. The number of hydrogen-bond acceptors (Lipinski definition) is 5. The molecule has 3 aromatic rings. The number of halogens is 2. The van der Waals surface area contributed by atoms with Crippen molar-refractivity contribution >= 4 is 46.2 Å². The van der Waals surface area contributed by atoms with Crippen LogP contribution in [0, 0.1) is 5.41 Å². The number of H-pyrrole nitrogens is 1. The molecule has 0 bridgehead atoms. The molecule has 11 heteroatoms. The van der Waals surface area contributed by atoms with Gasteiger partial charge < -0.3 is 14.9 Å². The number of rotatable bonds is 3. The number of likely N-dealkylation sites (tertiary alicyclic amines) is 2. The highest BCUT2D eigenvalue weighted by Gasteiger charge is 2.55. The third kappa shape index (κ3) is 3.65. The maximum atomic E-state index is 13.4. The van der Waals surface area contributed by atoms with Gasteiger partial charge >= 0.3 is 6.09 Å². The predicted molar refractivity (Wildman–Crippen MR) is 118 cm³/mol. The molecule has 1 aromatic carbocycles. The van der Waals surface area contributed by atoms with Crippen LogP contribution in [0.2, 0.25) is 10.2 Å². The lowest BCUT2D eigenvalue weighted by molar-refractivity contribution is -0.0838. The largest absolute Gasteiger partial charge is 0.465 e. The Hall–Kier alpha value is -2.91. The predicted octanol–water partition coefficient (Wildman–Crippen LogP) is 3.49. The molecule has 2 aliphatic rings. The average Bonchev–Trinajstić information content (AvgIpc) is 3.23. The van der Waals surface area contributed by atoms with E-state index >= 15 is 0 Å². The Labute approximate surface area is 193 Å². The lowest BCUT2D eigenvalue weighted by Crippen LogP contribution is -2.69. The number of carboxylic acid groups (broad SMARTS) is 1. The summed E-state index contributed by atoms with van der Waals surface area (Å²) in [5.41, 5.74) is 2.39. The Morgan fingerprint density at radius 2 is 1.88 bits per heavy atom. The first kappa shape index (κ1) is 21.0. The number of pyridine rings is 1. The van der Waals surface area contributed by atoms with E-state index < -0.39 is 6.09 Å². The second-order valence-corrected chi connectivity index (χ2v) is 9.24. The summed E-state index contributed by atoms with van der Waals surface area (Å²) in [4.78, 5) is 32.5. The highest BCUT2D eigenvalue weighted by Crippen LogP contribution is 2.48. The van der Waals surface area contributed by atoms with Gasteiger partial charge in [-0.15, -0.1) is 0 Å². The fourth-order valence-corrected chi connectivity index (χ4v) is 5.42. The smallest absolute Gasteiger partial charge is 0.407 e. The van der Waals surface area contributed by atoms with E-state index in [1.807, 2.05) is 4.90 Å². The van der Waals surface area contributed by atoms with Crippen LogP contribution in [0.1, 0.15) is 28.9 Å². The first-order valence-electron chi connectivity index (χ1n) is 10.3. The number of benzene rings is 1. The molecule has 2 aromatic heterocycles. The first-order valence-corrected chi connectivity index (χ1v) is 11.0. The summed E-state index contributed by atoms with van der Waals surface area (Å²) in [5.74, 6) is -0.0979. The van der Waals surface area contributed by atoms with Gasteiger partial charge in [0.05, 0.1) is 0 Å². The molecule has 1 unspecified atom stereocenters. The summed E-state index contributed by atoms with van der Waals surface area (Å²) < 4.78 is 0. The molecule has 1 spiro atoms. The highest BCUT2D eigenvalue weighted by atomic mass is 35.5. The van der Waals surface area contributed by atoms with Gasteiger partial charge in [0.25, 0.3) is 5.91 Å². The van der Waals surface area contributed by atoms with Gasteiger partial charge in [0.2, 0.25) is 0 Å². The first-order chi connectivity index (χ1) is 15.3. The van der Waals surface area contributed by atoms with E-state index in [1.165, 1.54) is 4.90 Å². The third-order valence-corrected chi connectivity index (χ3v) is 7.05. The van der Waals surface area contributed by atoms with E-state index in [1.54, 1.807) is 30.3 Å². The van der Waals surface area contributed by atoms with Crippen molar-refractivity contribution in [3.8, 4) is 0 Å². The lowest BCUT2D eigenvalue weighted by Gasteiger charge is -2.60. The molecular formula is C21H20Cl2N6O3. The summed E-state index contributed by atoms with van der Waals surface area (Å²) in [6.07, 6.45) is 0.952. The van der Waals surface area contributed by atoms with Crippen molar-refractivity contribution in [2.75, 3.05) is 19.6 Å². The van der Waals surface area contributed by atoms with Crippen LogP contribution in [-0.2, 0) is 6.42 Å². The molecule has 2 saturated heterocycles. The van der Waals surface area contributed by atoms with Gasteiger partial charge in [-0.25, -0.2) is 9.78 Å². The lowest BCUT2D eigenvalue weighted by atomic mass is 9.63. The number of aromatic nitrogens is 4. The van der Waals surface area contributed by atoms with E-state index in [0.29, 0.717) is 71.4 Å². The maximum Gasteiger partial charge on any atom is 0.407 e. The van der Waals surface area contributed by atoms with Crippen LogP contribution in [0.4, 0.5) is 4.79 Å². The van der Waals surface area contributed by atoms with Crippen LogP contribution in [0.5, 0.6) is 0 Å². The zero-order chi connectivity index (χ0) is 22.5. The molecule has 4 heterocycles.